The first-order valence-electron chi connectivity index (χ1n) is 5.44. The van der Waals surface area contributed by atoms with Gasteiger partial charge in [-0.15, -0.1) is 0 Å². The molecule has 1 aromatic carbocycles. The highest BCUT2D eigenvalue weighted by Crippen LogP contribution is 2.25. The summed E-state index contributed by atoms with van der Waals surface area (Å²) >= 11 is 5.94. The van der Waals surface area contributed by atoms with Crippen molar-refractivity contribution in [2.75, 3.05) is 11.5 Å². The molecule has 1 amide bonds. The van der Waals surface area contributed by atoms with Gasteiger partial charge in [0.1, 0.15) is 5.75 Å². The lowest BCUT2D eigenvalue weighted by atomic mass is 10.1. The number of rotatable bonds is 3. The van der Waals surface area contributed by atoms with E-state index in [9.17, 15) is 9.00 Å². The van der Waals surface area contributed by atoms with E-state index < -0.39 is 10.8 Å². The van der Waals surface area contributed by atoms with Gasteiger partial charge in [-0.05, 0) is 32.9 Å². The van der Waals surface area contributed by atoms with Crippen LogP contribution < -0.4 is 11.1 Å². The van der Waals surface area contributed by atoms with E-state index in [1.807, 2.05) is 20.8 Å². The zero-order valence-electron chi connectivity index (χ0n) is 10.6. The lowest BCUT2D eigenvalue weighted by molar-refractivity contribution is -0.119. The van der Waals surface area contributed by atoms with E-state index >= 15 is 0 Å². The van der Waals surface area contributed by atoms with Crippen LogP contribution in [-0.2, 0) is 15.6 Å². The Morgan fingerprint density at radius 2 is 2.06 bits per heavy atom. The molecule has 1 aromatic rings. The normalized spacial score (nSPS) is 13.1. The van der Waals surface area contributed by atoms with Crippen molar-refractivity contribution in [1.82, 2.24) is 5.32 Å². The number of nitrogens with one attached hydrogen (secondary N) is 1. The quantitative estimate of drug-likeness (QED) is 0.835. The average Bonchev–Trinajstić information content (AvgIpc) is 2.13. The van der Waals surface area contributed by atoms with Crippen LogP contribution in [0.25, 0.3) is 0 Å². The maximum absolute atomic E-state index is 12.1. The summed E-state index contributed by atoms with van der Waals surface area (Å²) in [5.74, 6) is -0.439. The van der Waals surface area contributed by atoms with Crippen molar-refractivity contribution < 1.29 is 9.00 Å². The van der Waals surface area contributed by atoms with Gasteiger partial charge in [0, 0.05) is 11.2 Å². The summed E-state index contributed by atoms with van der Waals surface area (Å²) in [7, 11) is -1.54. The second-order valence-corrected chi connectivity index (χ2v) is 6.74. The minimum Gasteiger partial charge on any atom is -0.398 e. The third-order valence-corrected chi connectivity index (χ3v) is 3.86. The SMILES string of the molecule is CC(C)(C)NC(=O)CS(=O)c1c(N)cccc1Cl. The number of anilines is 1. The Hall–Kier alpha value is -1.07. The summed E-state index contributed by atoms with van der Waals surface area (Å²) in [6, 6.07) is 4.89. The van der Waals surface area contributed by atoms with Crippen molar-refractivity contribution in [3.05, 3.63) is 23.2 Å². The predicted molar refractivity (Wildman–Crippen MR) is 75.0 cm³/mol. The van der Waals surface area contributed by atoms with E-state index in [4.69, 9.17) is 17.3 Å². The molecule has 1 unspecified atom stereocenters. The highest BCUT2D eigenvalue weighted by Gasteiger charge is 2.19. The molecule has 4 nitrogen and oxygen atoms in total. The molecule has 0 radical (unpaired) electrons. The van der Waals surface area contributed by atoms with Gasteiger partial charge >= 0.3 is 0 Å². The number of hydrogen-bond donors (Lipinski definition) is 2. The molecule has 6 heteroatoms. The molecular formula is C12H17ClN2O2S. The fourth-order valence-corrected chi connectivity index (χ4v) is 2.92. The molecule has 1 rings (SSSR count). The van der Waals surface area contributed by atoms with Gasteiger partial charge in [0.2, 0.25) is 5.91 Å². The van der Waals surface area contributed by atoms with Gasteiger partial charge in [0.25, 0.3) is 0 Å². The molecular weight excluding hydrogens is 272 g/mol. The Morgan fingerprint density at radius 3 is 2.56 bits per heavy atom. The Labute approximate surface area is 114 Å². The number of benzene rings is 1. The van der Waals surface area contributed by atoms with Crippen LogP contribution in [0.3, 0.4) is 0 Å². The van der Waals surface area contributed by atoms with Gasteiger partial charge in [-0.3, -0.25) is 9.00 Å². The fraction of sp³-hybridized carbons (Fsp3) is 0.417. The minimum absolute atomic E-state index is 0.148. The summed E-state index contributed by atoms with van der Waals surface area (Å²) < 4.78 is 12.1. The lowest BCUT2D eigenvalue weighted by Crippen LogP contribution is -2.42. The Balaban J connectivity index is 2.81. The predicted octanol–water partition coefficient (Wildman–Crippen LogP) is 1.94. The van der Waals surface area contributed by atoms with E-state index in [2.05, 4.69) is 5.32 Å². The molecule has 0 heterocycles. The molecule has 0 saturated heterocycles. The van der Waals surface area contributed by atoms with Crippen LogP contribution in [-0.4, -0.2) is 21.4 Å². The van der Waals surface area contributed by atoms with Crippen molar-refractivity contribution in [3.8, 4) is 0 Å². The van der Waals surface area contributed by atoms with E-state index in [1.54, 1.807) is 18.2 Å². The molecule has 0 fully saturated rings. The van der Waals surface area contributed by atoms with Gasteiger partial charge < -0.3 is 11.1 Å². The topological polar surface area (TPSA) is 72.2 Å². The molecule has 0 aliphatic carbocycles. The number of nitrogen functional groups attached to an aromatic ring is 1. The molecule has 3 N–H and O–H groups in total. The summed E-state index contributed by atoms with van der Waals surface area (Å²) in [4.78, 5) is 12.0. The minimum atomic E-state index is -1.54. The number of carbonyl (C=O) groups is 1. The first-order valence-corrected chi connectivity index (χ1v) is 7.14. The largest absolute Gasteiger partial charge is 0.398 e. The van der Waals surface area contributed by atoms with Gasteiger partial charge in [-0.1, -0.05) is 17.7 Å². The summed E-state index contributed by atoms with van der Waals surface area (Å²) in [6.07, 6.45) is 0. The molecule has 1 atom stereocenters. The molecule has 0 aromatic heterocycles. The standard InChI is InChI=1S/C12H17ClN2O2S/c1-12(2,3)15-10(16)7-18(17)11-8(13)5-4-6-9(11)14/h4-6H,7,14H2,1-3H3,(H,15,16). The van der Waals surface area contributed by atoms with Crippen LogP contribution in [0.5, 0.6) is 0 Å². The van der Waals surface area contributed by atoms with Crippen LogP contribution in [0.15, 0.2) is 23.1 Å². The summed E-state index contributed by atoms with van der Waals surface area (Å²) in [5, 5.41) is 3.06. The molecule has 18 heavy (non-hydrogen) atoms. The molecule has 0 saturated carbocycles. The third-order valence-electron chi connectivity index (χ3n) is 2.00. The third kappa shape index (κ3) is 4.31. The monoisotopic (exact) mass is 288 g/mol. The molecule has 0 bridgehead atoms. The van der Waals surface area contributed by atoms with Crippen molar-refractivity contribution in [3.63, 3.8) is 0 Å². The maximum Gasteiger partial charge on any atom is 0.233 e. The first kappa shape index (κ1) is 15.0. The Morgan fingerprint density at radius 1 is 1.44 bits per heavy atom. The van der Waals surface area contributed by atoms with E-state index in [0.717, 1.165) is 0 Å². The van der Waals surface area contributed by atoms with Crippen molar-refractivity contribution in [1.29, 1.82) is 0 Å². The van der Waals surface area contributed by atoms with E-state index in [1.165, 1.54) is 0 Å². The Bertz CT molecular complexity index is 463. The summed E-state index contributed by atoms with van der Waals surface area (Å²) in [5.41, 5.74) is 5.70. The van der Waals surface area contributed by atoms with E-state index in [0.29, 0.717) is 15.6 Å². The lowest BCUT2D eigenvalue weighted by Gasteiger charge is -2.20. The van der Waals surface area contributed by atoms with Gasteiger partial charge in [-0.2, -0.15) is 0 Å². The average molecular weight is 289 g/mol. The number of amides is 1. The molecule has 0 aliphatic rings. The number of carbonyl (C=O) groups excluding carboxylic acids is 1. The first-order chi connectivity index (χ1) is 8.20. The fourth-order valence-electron chi connectivity index (χ4n) is 1.41. The van der Waals surface area contributed by atoms with Crippen LogP contribution in [0.2, 0.25) is 5.02 Å². The van der Waals surface area contributed by atoms with Gasteiger partial charge in [0.05, 0.1) is 20.7 Å². The molecule has 100 valence electrons. The number of hydrogen-bond acceptors (Lipinski definition) is 3. The highest BCUT2D eigenvalue weighted by molar-refractivity contribution is 7.86. The molecule has 0 spiro atoms. The van der Waals surface area contributed by atoms with Crippen LogP contribution in [0, 0.1) is 0 Å². The van der Waals surface area contributed by atoms with Gasteiger partial charge in [-0.25, -0.2) is 0 Å². The Kier molecular flexibility index (Phi) is 4.76. The number of halogens is 1. The van der Waals surface area contributed by atoms with Gasteiger partial charge in [0.15, 0.2) is 0 Å². The van der Waals surface area contributed by atoms with Crippen LogP contribution >= 0.6 is 11.6 Å². The zero-order valence-corrected chi connectivity index (χ0v) is 12.2. The summed E-state index contributed by atoms with van der Waals surface area (Å²) in [6.45, 7) is 5.58. The van der Waals surface area contributed by atoms with Crippen molar-refractivity contribution in [2.45, 2.75) is 31.2 Å². The van der Waals surface area contributed by atoms with Crippen LogP contribution in [0.4, 0.5) is 5.69 Å². The number of nitrogens with two attached hydrogens (primary N) is 1. The van der Waals surface area contributed by atoms with Crippen LogP contribution in [0.1, 0.15) is 20.8 Å². The highest BCUT2D eigenvalue weighted by atomic mass is 35.5. The second-order valence-electron chi connectivity index (χ2n) is 4.95. The zero-order chi connectivity index (χ0) is 13.9. The van der Waals surface area contributed by atoms with Crippen molar-refractivity contribution >= 4 is 34.0 Å². The van der Waals surface area contributed by atoms with E-state index in [-0.39, 0.29) is 17.2 Å². The smallest absolute Gasteiger partial charge is 0.233 e. The maximum atomic E-state index is 12.1. The van der Waals surface area contributed by atoms with Crippen molar-refractivity contribution in [2.24, 2.45) is 0 Å². The molecule has 0 aliphatic heterocycles. The second kappa shape index (κ2) is 5.71.